The van der Waals surface area contributed by atoms with Crippen LogP contribution in [0.15, 0.2) is 72.5 Å². The van der Waals surface area contributed by atoms with Gasteiger partial charge in [0.05, 0.1) is 0 Å². The summed E-state index contributed by atoms with van der Waals surface area (Å²) >= 11 is 0. The second-order valence-corrected chi connectivity index (χ2v) is 6.23. The van der Waals surface area contributed by atoms with Crippen molar-refractivity contribution in [3.05, 3.63) is 72.5 Å². The van der Waals surface area contributed by atoms with Gasteiger partial charge in [-0.1, -0.05) is 60.7 Å². The summed E-state index contributed by atoms with van der Waals surface area (Å²) < 4.78 is 6.04. The van der Waals surface area contributed by atoms with Crippen LogP contribution in [0.2, 0.25) is 0 Å². The Morgan fingerprint density at radius 3 is 1.75 bits per heavy atom. The molecular formula is C17H17O2P. The Morgan fingerprint density at radius 2 is 1.35 bits per heavy atom. The maximum absolute atomic E-state index is 11.2. The van der Waals surface area contributed by atoms with Crippen molar-refractivity contribution in [3.63, 3.8) is 0 Å². The van der Waals surface area contributed by atoms with E-state index in [2.05, 4.69) is 24.3 Å². The largest absolute Gasteiger partial charge is 0.469 e. The van der Waals surface area contributed by atoms with Crippen molar-refractivity contribution in [1.82, 2.24) is 0 Å². The third-order valence-corrected chi connectivity index (χ3v) is 4.63. The van der Waals surface area contributed by atoms with E-state index in [0.29, 0.717) is 5.76 Å². The summed E-state index contributed by atoms with van der Waals surface area (Å²) in [6, 6.07) is 20.2. The SMILES string of the molecule is CC(=O)/C=C(\C)OP(c1ccccc1)c1ccccc1. The molecule has 102 valence electrons. The Balaban J connectivity index is 2.33. The first-order valence-corrected chi connectivity index (χ1v) is 7.70. The average Bonchev–Trinajstić information content (AvgIpc) is 2.46. The first-order valence-electron chi connectivity index (χ1n) is 6.44. The van der Waals surface area contributed by atoms with Crippen molar-refractivity contribution in [3.8, 4) is 0 Å². The maximum Gasteiger partial charge on any atom is 0.155 e. The van der Waals surface area contributed by atoms with Gasteiger partial charge in [0, 0.05) is 16.7 Å². The minimum Gasteiger partial charge on any atom is -0.469 e. The molecule has 0 bridgehead atoms. The summed E-state index contributed by atoms with van der Waals surface area (Å²) in [5.41, 5.74) is 0. The molecule has 0 aliphatic rings. The first kappa shape index (κ1) is 14.5. The molecule has 2 rings (SSSR count). The molecule has 0 aromatic heterocycles. The Morgan fingerprint density at radius 1 is 0.900 bits per heavy atom. The van der Waals surface area contributed by atoms with Crippen LogP contribution >= 0.6 is 8.15 Å². The lowest BCUT2D eigenvalue weighted by molar-refractivity contribution is -0.112. The van der Waals surface area contributed by atoms with Crippen LogP contribution < -0.4 is 10.6 Å². The fraction of sp³-hybridized carbons (Fsp3) is 0.118. The zero-order valence-electron chi connectivity index (χ0n) is 11.6. The average molecular weight is 284 g/mol. The van der Waals surface area contributed by atoms with E-state index in [1.165, 1.54) is 13.0 Å². The van der Waals surface area contributed by atoms with E-state index in [9.17, 15) is 4.79 Å². The van der Waals surface area contributed by atoms with Crippen LogP contribution in [0.4, 0.5) is 0 Å². The molecule has 0 heterocycles. The van der Waals surface area contributed by atoms with E-state index < -0.39 is 8.15 Å². The third kappa shape index (κ3) is 4.04. The molecule has 2 aromatic rings. The van der Waals surface area contributed by atoms with E-state index >= 15 is 0 Å². The lowest BCUT2D eigenvalue weighted by Crippen LogP contribution is -2.13. The second kappa shape index (κ2) is 7.02. The van der Waals surface area contributed by atoms with Gasteiger partial charge in [-0.2, -0.15) is 0 Å². The fourth-order valence-corrected chi connectivity index (χ4v) is 3.57. The number of ketones is 1. The molecule has 3 heteroatoms. The van der Waals surface area contributed by atoms with Crippen molar-refractivity contribution in [2.45, 2.75) is 13.8 Å². The molecule has 0 unspecified atom stereocenters. The molecule has 0 atom stereocenters. The van der Waals surface area contributed by atoms with Gasteiger partial charge in [0.1, 0.15) is 13.9 Å². The van der Waals surface area contributed by atoms with E-state index in [4.69, 9.17) is 4.52 Å². The number of rotatable bonds is 5. The highest BCUT2D eigenvalue weighted by molar-refractivity contribution is 7.68. The number of benzene rings is 2. The van der Waals surface area contributed by atoms with Crippen LogP contribution in [0.5, 0.6) is 0 Å². The van der Waals surface area contributed by atoms with Crippen LogP contribution in [0.3, 0.4) is 0 Å². The lowest BCUT2D eigenvalue weighted by atomic mass is 10.4. The molecule has 0 spiro atoms. The molecule has 0 saturated carbocycles. The predicted molar refractivity (Wildman–Crippen MR) is 84.6 cm³/mol. The number of hydrogen-bond donors (Lipinski definition) is 0. The quantitative estimate of drug-likeness (QED) is 0.477. The zero-order chi connectivity index (χ0) is 14.4. The van der Waals surface area contributed by atoms with Gasteiger partial charge >= 0.3 is 0 Å². The number of carbonyl (C=O) groups excluding carboxylic acids is 1. The molecule has 0 fully saturated rings. The Bertz CT molecular complexity index is 551. The van der Waals surface area contributed by atoms with Gasteiger partial charge in [0.15, 0.2) is 5.78 Å². The summed E-state index contributed by atoms with van der Waals surface area (Å²) in [4.78, 5) is 11.2. The number of hydrogen-bond acceptors (Lipinski definition) is 2. The molecule has 2 nitrogen and oxygen atoms in total. The summed E-state index contributed by atoms with van der Waals surface area (Å²) in [5.74, 6) is 0.648. The summed E-state index contributed by atoms with van der Waals surface area (Å²) in [6.45, 7) is 3.35. The predicted octanol–water partition coefficient (Wildman–Crippen LogP) is 3.54. The van der Waals surface area contributed by atoms with Crippen LogP contribution in [0.25, 0.3) is 0 Å². The van der Waals surface area contributed by atoms with E-state index in [1.54, 1.807) is 0 Å². The van der Waals surface area contributed by atoms with Gasteiger partial charge < -0.3 is 4.52 Å². The molecule has 0 aliphatic heterocycles. The van der Waals surface area contributed by atoms with Gasteiger partial charge in [-0.05, 0) is 13.8 Å². The summed E-state index contributed by atoms with van der Waals surface area (Å²) in [7, 11) is -0.941. The molecule has 2 aromatic carbocycles. The molecular weight excluding hydrogens is 267 g/mol. The summed E-state index contributed by atoms with van der Waals surface area (Å²) in [5, 5.41) is 2.26. The van der Waals surface area contributed by atoms with Crippen molar-refractivity contribution in [2.24, 2.45) is 0 Å². The second-order valence-electron chi connectivity index (χ2n) is 4.42. The topological polar surface area (TPSA) is 26.3 Å². The van der Waals surface area contributed by atoms with Crippen molar-refractivity contribution >= 4 is 24.5 Å². The number of allylic oxidation sites excluding steroid dienone is 2. The van der Waals surface area contributed by atoms with Gasteiger partial charge in [0.2, 0.25) is 0 Å². The zero-order valence-corrected chi connectivity index (χ0v) is 12.5. The minimum atomic E-state index is -0.941. The van der Waals surface area contributed by atoms with Crippen LogP contribution in [0, 0.1) is 0 Å². The van der Waals surface area contributed by atoms with Crippen molar-refractivity contribution in [1.29, 1.82) is 0 Å². The Labute approximate surface area is 120 Å². The van der Waals surface area contributed by atoms with E-state index in [0.717, 1.165) is 10.6 Å². The summed E-state index contributed by atoms with van der Waals surface area (Å²) in [6.07, 6.45) is 1.53. The van der Waals surface area contributed by atoms with Crippen molar-refractivity contribution in [2.75, 3.05) is 0 Å². The monoisotopic (exact) mass is 284 g/mol. The lowest BCUT2D eigenvalue weighted by Gasteiger charge is -2.19. The van der Waals surface area contributed by atoms with Crippen LogP contribution in [-0.4, -0.2) is 5.78 Å². The van der Waals surface area contributed by atoms with Crippen molar-refractivity contribution < 1.29 is 9.32 Å². The Hall–Kier alpha value is -1.92. The van der Waals surface area contributed by atoms with E-state index in [-0.39, 0.29) is 5.78 Å². The molecule has 0 saturated heterocycles. The highest BCUT2D eigenvalue weighted by Gasteiger charge is 2.16. The molecule has 0 aliphatic carbocycles. The smallest absolute Gasteiger partial charge is 0.155 e. The van der Waals surface area contributed by atoms with Gasteiger partial charge in [-0.15, -0.1) is 0 Å². The Kier molecular flexibility index (Phi) is 5.09. The van der Waals surface area contributed by atoms with Gasteiger partial charge in [-0.25, -0.2) is 0 Å². The highest BCUT2D eigenvalue weighted by atomic mass is 31.1. The van der Waals surface area contributed by atoms with E-state index in [1.807, 2.05) is 43.3 Å². The highest BCUT2D eigenvalue weighted by Crippen LogP contribution is 2.37. The number of carbonyl (C=O) groups is 1. The molecule has 0 N–H and O–H groups in total. The van der Waals surface area contributed by atoms with Gasteiger partial charge in [0.25, 0.3) is 0 Å². The minimum absolute atomic E-state index is 0.00132. The molecule has 0 amide bonds. The fourth-order valence-electron chi connectivity index (χ4n) is 1.84. The first-order chi connectivity index (χ1) is 9.66. The maximum atomic E-state index is 11.2. The normalized spacial score (nSPS) is 11.4. The van der Waals surface area contributed by atoms with Crippen LogP contribution in [0.1, 0.15) is 13.8 Å². The molecule has 20 heavy (non-hydrogen) atoms. The molecule has 0 radical (unpaired) electrons. The third-order valence-electron chi connectivity index (χ3n) is 2.62. The van der Waals surface area contributed by atoms with Crippen LogP contribution in [-0.2, 0) is 9.32 Å². The standard InChI is InChI=1S/C17H17O2P/c1-14(18)13-15(2)19-20(16-9-5-3-6-10-16)17-11-7-4-8-12-17/h3-13H,1-2H3/b15-13+. The van der Waals surface area contributed by atoms with Gasteiger partial charge in [-0.3, -0.25) is 4.79 Å².